The normalized spacial score (nSPS) is 34.1. The van der Waals surface area contributed by atoms with Crippen LogP contribution in [0, 0.1) is 35.5 Å². The Morgan fingerprint density at radius 3 is 1.28 bits per heavy atom. The van der Waals surface area contributed by atoms with E-state index < -0.39 is 8.07 Å². The van der Waals surface area contributed by atoms with Crippen LogP contribution in [0.3, 0.4) is 0 Å². The lowest BCUT2D eigenvalue weighted by Crippen LogP contribution is -2.42. The smallest absolute Gasteiger partial charge is 0.0598 e. The first kappa shape index (κ1) is 31.0. The van der Waals surface area contributed by atoms with Crippen molar-refractivity contribution >= 4 is 8.07 Å². The summed E-state index contributed by atoms with van der Waals surface area (Å²) in [5.41, 5.74) is 1.78. The van der Waals surface area contributed by atoms with Crippen molar-refractivity contribution in [3.8, 4) is 0 Å². The van der Waals surface area contributed by atoms with Crippen molar-refractivity contribution in [2.75, 3.05) is 13.2 Å². The third-order valence-corrected chi connectivity index (χ3v) is 15.6. The van der Waals surface area contributed by atoms with Gasteiger partial charge in [0.2, 0.25) is 0 Å². The van der Waals surface area contributed by atoms with Crippen LogP contribution in [-0.2, 0) is 9.47 Å². The maximum Gasteiger partial charge on any atom is 0.0598 e. The Hall–Kier alpha value is -0.903. The molecule has 0 heterocycles. The fraction of sp³-hybridized carbons (Fsp3) is 0.778. The Morgan fingerprint density at radius 1 is 0.564 bits per heavy atom. The van der Waals surface area contributed by atoms with Crippen molar-refractivity contribution in [1.82, 2.24) is 0 Å². The van der Waals surface area contributed by atoms with Crippen LogP contribution in [0.2, 0.25) is 24.2 Å². The van der Waals surface area contributed by atoms with Gasteiger partial charge in [-0.05, 0) is 127 Å². The van der Waals surface area contributed by atoms with Gasteiger partial charge in [0.15, 0.2) is 0 Å². The zero-order valence-electron chi connectivity index (χ0n) is 26.6. The highest BCUT2D eigenvalue weighted by molar-refractivity contribution is 6.80. The molecule has 0 saturated heterocycles. The minimum absolute atomic E-state index is 0.0178. The topological polar surface area (TPSA) is 18.5 Å². The number of hydrogen-bond acceptors (Lipinski definition) is 2. The van der Waals surface area contributed by atoms with E-state index in [9.17, 15) is 0 Å². The van der Waals surface area contributed by atoms with Gasteiger partial charge in [-0.15, -0.1) is 0 Å². The summed E-state index contributed by atoms with van der Waals surface area (Å²) in [6.07, 6.45) is 30.4. The van der Waals surface area contributed by atoms with Crippen LogP contribution in [0.25, 0.3) is 0 Å². The average molecular weight is 553 g/mol. The van der Waals surface area contributed by atoms with Crippen molar-refractivity contribution in [2.45, 2.75) is 128 Å². The molecule has 4 aliphatic rings. The Balaban J connectivity index is 1.38. The largest absolute Gasteiger partial charge is 0.376 e. The SMILES string of the molecule is CC(C)(C)OCCCCC1CC([Si](C)(C)C2CC(CCCCOC(C)(C)C)C3C=CC=CC32)C2C=CC=CC12. The number of fused-ring (bicyclic) bond motifs is 2. The van der Waals surface area contributed by atoms with E-state index in [-0.39, 0.29) is 11.2 Å². The molecule has 220 valence electrons. The molecule has 39 heavy (non-hydrogen) atoms. The first-order valence-electron chi connectivity index (χ1n) is 16.3. The molecule has 2 nitrogen and oxygen atoms in total. The highest BCUT2D eigenvalue weighted by atomic mass is 28.3. The monoisotopic (exact) mass is 552 g/mol. The molecule has 8 atom stereocenters. The number of hydrogen-bond donors (Lipinski definition) is 0. The van der Waals surface area contributed by atoms with Gasteiger partial charge in [-0.3, -0.25) is 0 Å². The molecular formula is C36H60O2Si. The zero-order valence-corrected chi connectivity index (χ0v) is 27.6. The first-order chi connectivity index (χ1) is 18.4. The molecule has 4 rings (SSSR count). The molecule has 4 aliphatic carbocycles. The van der Waals surface area contributed by atoms with Crippen LogP contribution in [0.4, 0.5) is 0 Å². The van der Waals surface area contributed by atoms with Crippen molar-refractivity contribution < 1.29 is 9.47 Å². The highest BCUT2D eigenvalue weighted by Crippen LogP contribution is 2.62. The Bertz CT molecular complexity index is 826. The van der Waals surface area contributed by atoms with E-state index in [1.54, 1.807) is 0 Å². The fourth-order valence-corrected chi connectivity index (χ4v) is 13.6. The van der Waals surface area contributed by atoms with Gasteiger partial charge in [0.1, 0.15) is 0 Å². The molecule has 2 saturated carbocycles. The van der Waals surface area contributed by atoms with Gasteiger partial charge in [0.25, 0.3) is 0 Å². The minimum atomic E-state index is -1.52. The standard InChI is InChI=1S/C36H60O2Si/c1-35(2,3)37-23-15-13-17-27-25-33(31-21-11-9-19-29(27)31)39(7,8)34-26-28(30-20-10-12-22-32(30)34)18-14-16-24-38-36(4,5)6/h9-12,19-22,27-34H,13-18,23-26H2,1-8H3. The van der Waals surface area contributed by atoms with Gasteiger partial charge < -0.3 is 9.47 Å². The zero-order chi connectivity index (χ0) is 28.3. The molecule has 8 unspecified atom stereocenters. The van der Waals surface area contributed by atoms with Crippen molar-refractivity contribution in [3.05, 3.63) is 48.6 Å². The maximum absolute atomic E-state index is 6.02. The van der Waals surface area contributed by atoms with Crippen LogP contribution in [0.5, 0.6) is 0 Å². The van der Waals surface area contributed by atoms with E-state index >= 15 is 0 Å². The number of allylic oxidation sites excluding steroid dienone is 8. The van der Waals surface area contributed by atoms with Crippen LogP contribution in [0.1, 0.15) is 92.9 Å². The molecule has 0 spiro atoms. The van der Waals surface area contributed by atoms with Crippen LogP contribution >= 0.6 is 0 Å². The van der Waals surface area contributed by atoms with Gasteiger partial charge in [-0.25, -0.2) is 0 Å². The summed E-state index contributed by atoms with van der Waals surface area (Å²) in [5.74, 6) is 4.74. The molecule has 0 N–H and O–H groups in total. The van der Waals surface area contributed by atoms with Crippen molar-refractivity contribution in [1.29, 1.82) is 0 Å². The predicted octanol–water partition coefficient (Wildman–Crippen LogP) is 10.2. The summed E-state index contributed by atoms with van der Waals surface area (Å²) in [7, 11) is -1.52. The van der Waals surface area contributed by atoms with E-state index in [4.69, 9.17) is 9.47 Å². The van der Waals surface area contributed by atoms with Crippen molar-refractivity contribution in [3.63, 3.8) is 0 Å². The van der Waals surface area contributed by atoms with E-state index in [0.717, 1.165) is 59.8 Å². The number of unbranched alkanes of at least 4 members (excludes halogenated alkanes) is 2. The lowest BCUT2D eigenvalue weighted by atomic mass is 9.84. The summed E-state index contributed by atoms with van der Waals surface area (Å²) in [5, 5.41) is 0. The van der Waals surface area contributed by atoms with Gasteiger partial charge >= 0.3 is 0 Å². The number of ether oxygens (including phenoxy) is 2. The lowest BCUT2D eigenvalue weighted by Gasteiger charge is -2.42. The molecule has 0 aromatic carbocycles. The Kier molecular flexibility index (Phi) is 10.3. The lowest BCUT2D eigenvalue weighted by molar-refractivity contribution is -0.00547. The Morgan fingerprint density at radius 2 is 0.923 bits per heavy atom. The second kappa shape index (κ2) is 12.9. The molecule has 0 aromatic heterocycles. The average Bonchev–Trinajstić information content (AvgIpc) is 3.42. The third-order valence-electron chi connectivity index (χ3n) is 10.5. The molecule has 0 amide bonds. The summed E-state index contributed by atoms with van der Waals surface area (Å²) in [4.78, 5) is 0. The molecule has 0 aliphatic heterocycles. The fourth-order valence-electron chi connectivity index (χ4n) is 8.58. The summed E-state index contributed by atoms with van der Waals surface area (Å²) in [6.45, 7) is 20.4. The summed E-state index contributed by atoms with van der Waals surface area (Å²) in [6, 6.07) is 0. The molecule has 0 aromatic rings. The van der Waals surface area contributed by atoms with Gasteiger partial charge in [-0.2, -0.15) is 0 Å². The van der Waals surface area contributed by atoms with E-state index in [2.05, 4.69) is 103 Å². The summed E-state index contributed by atoms with van der Waals surface area (Å²) < 4.78 is 12.0. The third kappa shape index (κ3) is 8.10. The molecule has 0 bridgehead atoms. The van der Waals surface area contributed by atoms with Gasteiger partial charge in [0.05, 0.1) is 19.3 Å². The molecule has 2 fully saturated rings. The first-order valence-corrected chi connectivity index (χ1v) is 19.5. The highest BCUT2D eigenvalue weighted by Gasteiger charge is 2.55. The van der Waals surface area contributed by atoms with E-state index in [0.29, 0.717) is 0 Å². The minimum Gasteiger partial charge on any atom is -0.376 e. The predicted molar refractivity (Wildman–Crippen MR) is 171 cm³/mol. The molecular weight excluding hydrogens is 492 g/mol. The van der Waals surface area contributed by atoms with E-state index in [1.165, 1.54) is 51.4 Å². The van der Waals surface area contributed by atoms with E-state index in [1.807, 2.05) is 0 Å². The van der Waals surface area contributed by atoms with Crippen molar-refractivity contribution in [2.24, 2.45) is 35.5 Å². The van der Waals surface area contributed by atoms with Crippen LogP contribution < -0.4 is 0 Å². The van der Waals surface area contributed by atoms with Gasteiger partial charge in [-0.1, -0.05) is 74.5 Å². The summed E-state index contributed by atoms with van der Waals surface area (Å²) >= 11 is 0. The van der Waals surface area contributed by atoms with Gasteiger partial charge in [0, 0.05) is 13.2 Å². The molecule has 0 radical (unpaired) electrons. The quantitative estimate of drug-likeness (QED) is 0.177. The second-order valence-corrected chi connectivity index (χ2v) is 20.9. The van der Waals surface area contributed by atoms with Crippen LogP contribution in [0.15, 0.2) is 48.6 Å². The Labute approximate surface area is 242 Å². The second-order valence-electron chi connectivity index (χ2n) is 15.8. The molecule has 3 heteroatoms. The number of rotatable bonds is 12. The maximum atomic E-state index is 6.02. The van der Waals surface area contributed by atoms with Crippen LogP contribution in [-0.4, -0.2) is 32.5 Å².